The van der Waals surface area contributed by atoms with Crippen molar-refractivity contribution in [3.8, 4) is 0 Å². The Morgan fingerprint density at radius 2 is 2.12 bits per heavy atom. The van der Waals surface area contributed by atoms with Crippen LogP contribution in [-0.2, 0) is 9.53 Å². The molecule has 0 saturated heterocycles. The van der Waals surface area contributed by atoms with Crippen molar-refractivity contribution in [3.05, 3.63) is 34.9 Å². The lowest BCUT2D eigenvalue weighted by atomic mass is 10.1. The van der Waals surface area contributed by atoms with Crippen LogP contribution in [0.25, 0.3) is 0 Å². The molecule has 1 rings (SSSR count). The van der Waals surface area contributed by atoms with Gasteiger partial charge in [0.05, 0.1) is 0 Å². The van der Waals surface area contributed by atoms with Gasteiger partial charge in [-0.2, -0.15) is 0 Å². The van der Waals surface area contributed by atoms with Crippen LogP contribution in [-0.4, -0.2) is 17.2 Å². The molecule has 4 heteroatoms. The second kappa shape index (κ2) is 5.87. The fourth-order valence-corrected chi connectivity index (χ4v) is 1.57. The molecule has 1 N–H and O–H groups in total. The minimum atomic E-state index is -0.899. The molecule has 0 heterocycles. The number of carbonyl (C=O) groups is 1. The number of ether oxygens (including phenoxy) is 1. The Morgan fingerprint density at radius 1 is 1.50 bits per heavy atom. The number of halogens is 1. The van der Waals surface area contributed by atoms with Crippen molar-refractivity contribution in [1.29, 1.82) is 0 Å². The molecule has 0 aliphatic rings. The number of carbonyl (C=O) groups excluding carboxylic acids is 1. The van der Waals surface area contributed by atoms with Crippen LogP contribution in [0.5, 0.6) is 0 Å². The summed E-state index contributed by atoms with van der Waals surface area (Å²) < 4.78 is 5.02. The highest BCUT2D eigenvalue weighted by atomic mass is 35.5. The molecule has 0 spiro atoms. The van der Waals surface area contributed by atoms with E-state index in [0.29, 0.717) is 17.0 Å². The summed E-state index contributed by atoms with van der Waals surface area (Å²) in [6.45, 7) is 3.35. The van der Waals surface area contributed by atoms with Crippen LogP contribution in [0.3, 0.4) is 0 Å². The highest BCUT2D eigenvalue weighted by molar-refractivity contribution is 6.31. The molecule has 0 aromatic heterocycles. The van der Waals surface area contributed by atoms with Crippen LogP contribution in [0.4, 0.5) is 0 Å². The molecule has 88 valence electrons. The molecule has 0 fully saturated rings. The highest BCUT2D eigenvalue weighted by Crippen LogP contribution is 2.26. The normalized spacial score (nSPS) is 14.2. The van der Waals surface area contributed by atoms with Gasteiger partial charge in [-0.05, 0) is 13.0 Å². The zero-order valence-electron chi connectivity index (χ0n) is 9.31. The summed E-state index contributed by atoms with van der Waals surface area (Å²) >= 11 is 5.93. The van der Waals surface area contributed by atoms with Gasteiger partial charge in [-0.1, -0.05) is 36.7 Å². The van der Waals surface area contributed by atoms with Crippen molar-refractivity contribution in [1.82, 2.24) is 0 Å². The van der Waals surface area contributed by atoms with E-state index in [9.17, 15) is 9.90 Å². The van der Waals surface area contributed by atoms with Crippen molar-refractivity contribution in [2.24, 2.45) is 0 Å². The zero-order chi connectivity index (χ0) is 12.1. The van der Waals surface area contributed by atoms with Gasteiger partial charge in [0.1, 0.15) is 12.2 Å². The first-order valence-corrected chi connectivity index (χ1v) is 5.56. The fraction of sp³-hybridized carbons (Fsp3) is 0.417. The molecule has 0 amide bonds. The summed E-state index contributed by atoms with van der Waals surface area (Å²) in [4.78, 5) is 11.1. The Kier molecular flexibility index (Phi) is 4.77. The minimum Gasteiger partial charge on any atom is -0.460 e. The number of benzene rings is 1. The number of aliphatic hydroxyl groups is 1. The Bertz CT molecular complexity index is 365. The summed E-state index contributed by atoms with van der Waals surface area (Å²) in [6.07, 6.45) is -1.21. The third kappa shape index (κ3) is 3.22. The first-order chi connectivity index (χ1) is 7.56. The Labute approximate surface area is 100.0 Å². The number of hydrogen-bond donors (Lipinski definition) is 1. The number of aliphatic hydroxyl groups excluding tert-OH is 1. The van der Waals surface area contributed by atoms with Gasteiger partial charge in [0, 0.05) is 17.0 Å². The molecule has 0 bridgehead atoms. The molecule has 2 atom stereocenters. The van der Waals surface area contributed by atoms with E-state index in [1.165, 1.54) is 0 Å². The van der Waals surface area contributed by atoms with Crippen molar-refractivity contribution < 1.29 is 14.6 Å². The number of rotatable bonds is 4. The molecular weight excluding hydrogens is 228 g/mol. The third-order valence-corrected chi connectivity index (χ3v) is 2.62. The predicted octanol–water partition coefficient (Wildman–Crippen LogP) is 2.72. The molecule has 0 aliphatic heterocycles. The van der Waals surface area contributed by atoms with Gasteiger partial charge in [0.25, 0.3) is 0 Å². The van der Waals surface area contributed by atoms with Gasteiger partial charge >= 0.3 is 5.97 Å². The van der Waals surface area contributed by atoms with Crippen LogP contribution in [0.15, 0.2) is 24.3 Å². The maximum Gasteiger partial charge on any atom is 0.305 e. The molecule has 3 nitrogen and oxygen atoms in total. The summed E-state index contributed by atoms with van der Waals surface area (Å²) in [5, 5.41) is 10.4. The van der Waals surface area contributed by atoms with E-state index in [0.717, 1.165) is 0 Å². The summed E-state index contributed by atoms with van der Waals surface area (Å²) in [5.74, 6) is -0.335. The SMILES string of the molecule is CCC(=O)O[C@@H](C)[C@@H](O)c1ccccc1Cl. The van der Waals surface area contributed by atoms with Crippen LogP contribution in [0.1, 0.15) is 31.9 Å². The maximum absolute atomic E-state index is 11.1. The van der Waals surface area contributed by atoms with Crippen molar-refractivity contribution in [3.63, 3.8) is 0 Å². The Hall–Kier alpha value is -1.06. The molecule has 1 aromatic rings. The van der Waals surface area contributed by atoms with Crippen molar-refractivity contribution in [2.45, 2.75) is 32.5 Å². The molecule has 0 unspecified atom stereocenters. The zero-order valence-corrected chi connectivity index (χ0v) is 10.1. The summed E-state index contributed by atoms with van der Waals surface area (Å²) in [5.41, 5.74) is 0.570. The standard InChI is InChI=1S/C12H15ClO3/c1-3-11(14)16-8(2)12(15)9-6-4-5-7-10(9)13/h4-8,12,15H,3H2,1-2H3/t8-,12+/m0/s1. The lowest BCUT2D eigenvalue weighted by Gasteiger charge is -2.20. The monoisotopic (exact) mass is 242 g/mol. The quantitative estimate of drug-likeness (QED) is 0.826. The van der Waals surface area contributed by atoms with Gasteiger partial charge in [0.15, 0.2) is 0 Å². The smallest absolute Gasteiger partial charge is 0.305 e. The van der Waals surface area contributed by atoms with Crippen LogP contribution in [0, 0.1) is 0 Å². The first kappa shape index (κ1) is 13.0. The number of hydrogen-bond acceptors (Lipinski definition) is 3. The van der Waals surface area contributed by atoms with Gasteiger partial charge < -0.3 is 9.84 Å². The van der Waals surface area contributed by atoms with E-state index in [2.05, 4.69) is 0 Å². The van der Waals surface area contributed by atoms with Crippen LogP contribution >= 0.6 is 11.6 Å². The number of esters is 1. The summed E-state index contributed by atoms with van der Waals surface area (Å²) in [7, 11) is 0. The highest BCUT2D eigenvalue weighted by Gasteiger charge is 2.21. The maximum atomic E-state index is 11.1. The van der Waals surface area contributed by atoms with Crippen LogP contribution in [0.2, 0.25) is 5.02 Å². The van der Waals surface area contributed by atoms with Gasteiger partial charge in [-0.25, -0.2) is 0 Å². The molecular formula is C12H15ClO3. The van der Waals surface area contributed by atoms with E-state index in [-0.39, 0.29) is 5.97 Å². The lowest BCUT2D eigenvalue weighted by Crippen LogP contribution is -2.22. The van der Waals surface area contributed by atoms with E-state index in [1.807, 2.05) is 0 Å². The van der Waals surface area contributed by atoms with E-state index < -0.39 is 12.2 Å². The predicted molar refractivity (Wildman–Crippen MR) is 62.3 cm³/mol. The van der Waals surface area contributed by atoms with Gasteiger partial charge in [-0.15, -0.1) is 0 Å². The molecule has 0 aliphatic carbocycles. The van der Waals surface area contributed by atoms with Crippen LogP contribution < -0.4 is 0 Å². The minimum absolute atomic E-state index is 0.291. The fourth-order valence-electron chi connectivity index (χ4n) is 1.32. The third-order valence-electron chi connectivity index (χ3n) is 2.27. The second-order valence-electron chi connectivity index (χ2n) is 3.51. The largest absolute Gasteiger partial charge is 0.460 e. The molecule has 1 aromatic carbocycles. The van der Waals surface area contributed by atoms with Crippen molar-refractivity contribution >= 4 is 17.6 Å². The Morgan fingerprint density at radius 3 is 2.69 bits per heavy atom. The lowest BCUT2D eigenvalue weighted by molar-refractivity contribution is -0.153. The molecule has 16 heavy (non-hydrogen) atoms. The van der Waals surface area contributed by atoms with E-state index in [1.54, 1.807) is 38.1 Å². The second-order valence-corrected chi connectivity index (χ2v) is 3.92. The van der Waals surface area contributed by atoms with Gasteiger partial charge in [-0.3, -0.25) is 4.79 Å². The Balaban J connectivity index is 2.74. The van der Waals surface area contributed by atoms with Crippen molar-refractivity contribution in [2.75, 3.05) is 0 Å². The average Bonchev–Trinajstić information content (AvgIpc) is 2.28. The van der Waals surface area contributed by atoms with E-state index >= 15 is 0 Å². The topological polar surface area (TPSA) is 46.5 Å². The van der Waals surface area contributed by atoms with Gasteiger partial charge in [0.2, 0.25) is 0 Å². The average molecular weight is 243 g/mol. The molecule has 0 radical (unpaired) electrons. The summed E-state index contributed by atoms with van der Waals surface area (Å²) in [6, 6.07) is 6.96. The first-order valence-electron chi connectivity index (χ1n) is 5.18. The van der Waals surface area contributed by atoms with E-state index in [4.69, 9.17) is 16.3 Å². The molecule has 0 saturated carbocycles.